The lowest BCUT2D eigenvalue weighted by Gasteiger charge is -2.19. The van der Waals surface area contributed by atoms with E-state index < -0.39 is 23.8 Å². The summed E-state index contributed by atoms with van der Waals surface area (Å²) < 4.78 is 10.5. The van der Waals surface area contributed by atoms with Crippen molar-refractivity contribution in [3.05, 3.63) is 29.5 Å². The summed E-state index contributed by atoms with van der Waals surface area (Å²) in [5.41, 5.74) is 0.501. The second-order valence-corrected chi connectivity index (χ2v) is 5.11. The maximum atomic E-state index is 12.2. The molecule has 128 valence electrons. The molecule has 0 radical (unpaired) electrons. The van der Waals surface area contributed by atoms with Crippen LogP contribution in [-0.2, 0) is 14.4 Å². The third kappa shape index (κ3) is 4.25. The number of rotatable bonds is 6. The van der Waals surface area contributed by atoms with Crippen LogP contribution in [0.3, 0.4) is 0 Å². The van der Waals surface area contributed by atoms with Gasteiger partial charge in [0.15, 0.2) is 11.5 Å². The third-order valence-electron chi connectivity index (χ3n) is 3.26. The van der Waals surface area contributed by atoms with Crippen molar-refractivity contribution < 1.29 is 29.0 Å². The number of nitrogens with one attached hydrogen (secondary N) is 2. The van der Waals surface area contributed by atoms with Crippen LogP contribution in [0.25, 0.3) is 6.08 Å². The number of carboxylic acids is 1. The number of carbonyl (C=O) groups excluding carboxylic acids is 3. The first kappa shape index (κ1) is 17.3. The Morgan fingerprint density at radius 2 is 2.00 bits per heavy atom. The Balaban J connectivity index is 2.25. The van der Waals surface area contributed by atoms with Gasteiger partial charge >= 0.3 is 0 Å². The molecule has 0 saturated carbocycles. The van der Waals surface area contributed by atoms with Gasteiger partial charge in [0, 0.05) is 6.92 Å². The molecule has 0 aromatic heterocycles. The summed E-state index contributed by atoms with van der Waals surface area (Å²) in [4.78, 5) is 34.5. The van der Waals surface area contributed by atoms with Crippen LogP contribution in [-0.4, -0.2) is 30.6 Å². The van der Waals surface area contributed by atoms with Gasteiger partial charge in [-0.25, -0.2) is 0 Å². The monoisotopic (exact) mass is 333 g/mol. The fraction of sp³-hybridized carbons (Fsp3) is 0.312. The lowest BCUT2D eigenvalue weighted by Crippen LogP contribution is -2.49. The van der Waals surface area contributed by atoms with E-state index in [1.165, 1.54) is 13.0 Å². The van der Waals surface area contributed by atoms with Gasteiger partial charge < -0.3 is 30.0 Å². The first-order valence-electron chi connectivity index (χ1n) is 7.31. The van der Waals surface area contributed by atoms with Crippen LogP contribution in [0.15, 0.2) is 23.9 Å². The van der Waals surface area contributed by atoms with Crippen LogP contribution in [0.5, 0.6) is 11.5 Å². The molecule has 1 aliphatic heterocycles. The molecule has 2 amide bonds. The number of hydrogen-bond acceptors (Lipinski definition) is 6. The van der Waals surface area contributed by atoms with E-state index in [0.717, 1.165) is 0 Å². The van der Waals surface area contributed by atoms with Crippen LogP contribution in [0, 0.1) is 0 Å². The summed E-state index contributed by atoms with van der Waals surface area (Å²) in [6.07, 6.45) is 1.58. The Morgan fingerprint density at radius 3 is 2.62 bits per heavy atom. The Labute approximate surface area is 138 Å². The van der Waals surface area contributed by atoms with Gasteiger partial charge in [-0.2, -0.15) is 0 Å². The highest BCUT2D eigenvalue weighted by molar-refractivity contribution is 6.02. The van der Waals surface area contributed by atoms with Crippen LogP contribution >= 0.6 is 0 Å². The maximum Gasteiger partial charge on any atom is 0.268 e. The van der Waals surface area contributed by atoms with E-state index in [1.54, 1.807) is 25.1 Å². The Hall–Kier alpha value is -3.03. The normalized spacial score (nSPS) is 14.0. The van der Waals surface area contributed by atoms with E-state index in [4.69, 9.17) is 9.47 Å². The molecule has 1 aromatic carbocycles. The molecule has 0 unspecified atom stereocenters. The number of carboxylic acid groups (broad SMARTS) is 1. The molecule has 2 rings (SSSR count). The number of fused-ring (bicyclic) bond motifs is 1. The summed E-state index contributed by atoms with van der Waals surface area (Å²) in [5.74, 6) is -1.47. The van der Waals surface area contributed by atoms with E-state index in [9.17, 15) is 19.5 Å². The van der Waals surface area contributed by atoms with Gasteiger partial charge in [-0.1, -0.05) is 13.0 Å². The fourth-order valence-electron chi connectivity index (χ4n) is 2.08. The SMILES string of the molecule is CC[C@H](NC(=O)/C(=C\c1ccc2c(c1)OCO2)NC(C)=O)C(=O)[O-]. The van der Waals surface area contributed by atoms with E-state index in [1.807, 2.05) is 0 Å². The highest BCUT2D eigenvalue weighted by atomic mass is 16.7. The molecule has 24 heavy (non-hydrogen) atoms. The van der Waals surface area contributed by atoms with Gasteiger partial charge in [0.05, 0.1) is 12.0 Å². The van der Waals surface area contributed by atoms with Crippen molar-refractivity contribution >= 4 is 23.9 Å². The number of ether oxygens (including phenoxy) is 2. The van der Waals surface area contributed by atoms with Crippen molar-refractivity contribution in [2.75, 3.05) is 6.79 Å². The van der Waals surface area contributed by atoms with Gasteiger partial charge in [0.2, 0.25) is 12.7 Å². The topological polar surface area (TPSA) is 117 Å². The van der Waals surface area contributed by atoms with E-state index in [-0.39, 0.29) is 18.9 Å². The fourth-order valence-corrected chi connectivity index (χ4v) is 2.08. The molecule has 0 spiro atoms. The number of amides is 2. The summed E-state index contributed by atoms with van der Waals surface area (Å²) in [7, 11) is 0. The Bertz CT molecular complexity index is 698. The van der Waals surface area contributed by atoms with E-state index >= 15 is 0 Å². The molecule has 0 saturated heterocycles. The van der Waals surface area contributed by atoms with Gasteiger partial charge in [-0.15, -0.1) is 0 Å². The van der Waals surface area contributed by atoms with Crippen molar-refractivity contribution in [1.29, 1.82) is 0 Å². The molecule has 2 N–H and O–H groups in total. The lowest BCUT2D eigenvalue weighted by atomic mass is 10.1. The van der Waals surface area contributed by atoms with Crippen molar-refractivity contribution in [3.8, 4) is 11.5 Å². The number of carbonyl (C=O) groups is 3. The Morgan fingerprint density at radius 1 is 1.29 bits per heavy atom. The first-order valence-corrected chi connectivity index (χ1v) is 7.31. The van der Waals surface area contributed by atoms with E-state index in [0.29, 0.717) is 17.1 Å². The number of benzene rings is 1. The Kier molecular flexibility index (Phi) is 5.41. The van der Waals surface area contributed by atoms with Crippen LogP contribution in [0.2, 0.25) is 0 Å². The molecule has 0 aliphatic carbocycles. The predicted octanol–water partition coefficient (Wildman–Crippen LogP) is -0.463. The molecule has 0 fully saturated rings. The van der Waals surface area contributed by atoms with E-state index in [2.05, 4.69) is 10.6 Å². The van der Waals surface area contributed by atoms with Gasteiger partial charge in [0.1, 0.15) is 5.70 Å². The first-order chi connectivity index (χ1) is 11.4. The van der Waals surface area contributed by atoms with Gasteiger partial charge in [-0.3, -0.25) is 9.59 Å². The minimum absolute atomic E-state index is 0.0823. The van der Waals surface area contributed by atoms with Gasteiger partial charge in [-0.05, 0) is 30.2 Å². The summed E-state index contributed by atoms with van der Waals surface area (Å²) in [5, 5.41) is 15.6. The van der Waals surface area contributed by atoms with Crippen LogP contribution < -0.4 is 25.2 Å². The molecule has 1 atom stereocenters. The minimum Gasteiger partial charge on any atom is -0.548 e. The second-order valence-electron chi connectivity index (χ2n) is 5.11. The molecule has 1 aliphatic rings. The smallest absolute Gasteiger partial charge is 0.268 e. The number of aliphatic carboxylic acids is 1. The third-order valence-corrected chi connectivity index (χ3v) is 3.26. The molecule has 8 heteroatoms. The highest BCUT2D eigenvalue weighted by Gasteiger charge is 2.18. The average Bonchev–Trinajstić information content (AvgIpc) is 2.98. The van der Waals surface area contributed by atoms with Crippen molar-refractivity contribution in [3.63, 3.8) is 0 Å². The molecular weight excluding hydrogens is 316 g/mol. The number of hydrogen-bond donors (Lipinski definition) is 2. The van der Waals surface area contributed by atoms with Crippen molar-refractivity contribution in [2.24, 2.45) is 0 Å². The zero-order valence-corrected chi connectivity index (χ0v) is 13.3. The quantitative estimate of drug-likeness (QED) is 0.680. The van der Waals surface area contributed by atoms with Crippen molar-refractivity contribution in [1.82, 2.24) is 10.6 Å². The summed E-state index contributed by atoms with van der Waals surface area (Å²) >= 11 is 0. The largest absolute Gasteiger partial charge is 0.548 e. The zero-order valence-electron chi connectivity index (χ0n) is 13.3. The van der Waals surface area contributed by atoms with Crippen molar-refractivity contribution in [2.45, 2.75) is 26.3 Å². The van der Waals surface area contributed by atoms with Crippen LogP contribution in [0.4, 0.5) is 0 Å². The standard InChI is InChI=1S/C16H18N2O6/c1-3-11(16(21)22)18-15(20)12(17-9(2)19)6-10-4-5-13-14(7-10)24-8-23-13/h4-7,11H,3,8H2,1-2H3,(H,17,19)(H,18,20)(H,21,22)/p-1/b12-6+/t11-/m0/s1. The molecule has 1 heterocycles. The summed E-state index contributed by atoms with van der Waals surface area (Å²) in [6, 6.07) is 3.85. The van der Waals surface area contributed by atoms with Gasteiger partial charge in [0.25, 0.3) is 5.91 Å². The zero-order chi connectivity index (χ0) is 17.7. The average molecular weight is 333 g/mol. The molecule has 0 bridgehead atoms. The molecule has 1 aromatic rings. The minimum atomic E-state index is -1.39. The maximum absolute atomic E-state index is 12.2. The highest BCUT2D eigenvalue weighted by Crippen LogP contribution is 2.32. The predicted molar refractivity (Wildman–Crippen MR) is 81.6 cm³/mol. The molecule has 8 nitrogen and oxygen atoms in total. The van der Waals surface area contributed by atoms with Crippen LogP contribution in [0.1, 0.15) is 25.8 Å². The second kappa shape index (κ2) is 7.49. The summed E-state index contributed by atoms with van der Waals surface area (Å²) in [6.45, 7) is 2.96. The lowest BCUT2D eigenvalue weighted by molar-refractivity contribution is -0.308. The molecular formula is C16H17N2O6-.